The number of nitrogens with one attached hydrogen (secondary N) is 1. The third kappa shape index (κ3) is 2.34. The molecule has 0 atom stereocenters. The first kappa shape index (κ1) is 9.70. The normalized spacial score (nSPS) is 17.1. The highest BCUT2D eigenvalue weighted by Crippen LogP contribution is 2.19. The molecule has 0 amide bonds. The van der Waals surface area contributed by atoms with Crippen molar-refractivity contribution in [2.24, 2.45) is 0 Å². The number of rotatable bonds is 3. The fourth-order valence-electron chi connectivity index (χ4n) is 1.91. The number of hydrogen-bond acceptors (Lipinski definition) is 3. The molecule has 1 aromatic heterocycles. The summed E-state index contributed by atoms with van der Waals surface area (Å²) in [5.74, 6) is 0. The Morgan fingerprint density at radius 2 is 2.29 bits per heavy atom. The lowest BCUT2D eigenvalue weighted by molar-refractivity contribution is 0.527. The maximum absolute atomic E-state index is 8.67. The summed E-state index contributed by atoms with van der Waals surface area (Å²) in [5.41, 5.74) is 0.790. The fourth-order valence-corrected chi connectivity index (χ4v) is 2.67. The van der Waals surface area contributed by atoms with E-state index in [0.717, 1.165) is 12.1 Å². The van der Waals surface area contributed by atoms with Crippen LogP contribution in [0.1, 0.15) is 36.1 Å². The van der Waals surface area contributed by atoms with Crippen molar-refractivity contribution in [3.8, 4) is 6.07 Å². The summed E-state index contributed by atoms with van der Waals surface area (Å²) in [6.45, 7) is 0.928. The van der Waals surface area contributed by atoms with Gasteiger partial charge in [-0.05, 0) is 18.9 Å². The van der Waals surface area contributed by atoms with E-state index in [4.69, 9.17) is 5.26 Å². The molecular weight excluding hydrogens is 192 g/mol. The third-order valence-corrected chi connectivity index (χ3v) is 3.64. The van der Waals surface area contributed by atoms with Crippen molar-refractivity contribution < 1.29 is 0 Å². The van der Waals surface area contributed by atoms with Gasteiger partial charge in [0.2, 0.25) is 0 Å². The van der Waals surface area contributed by atoms with Crippen LogP contribution in [0.4, 0.5) is 0 Å². The summed E-state index contributed by atoms with van der Waals surface area (Å²) in [6, 6.07) is 4.85. The highest BCUT2D eigenvalue weighted by atomic mass is 32.1. The van der Waals surface area contributed by atoms with E-state index in [1.54, 1.807) is 11.3 Å². The molecule has 1 heterocycles. The topological polar surface area (TPSA) is 35.8 Å². The Balaban J connectivity index is 1.82. The lowest BCUT2D eigenvalue weighted by atomic mass is 10.2. The Kier molecular flexibility index (Phi) is 3.18. The van der Waals surface area contributed by atoms with E-state index >= 15 is 0 Å². The Hall–Kier alpha value is -0.850. The van der Waals surface area contributed by atoms with Gasteiger partial charge in [-0.2, -0.15) is 5.26 Å². The highest BCUT2D eigenvalue weighted by molar-refractivity contribution is 7.10. The van der Waals surface area contributed by atoms with Gasteiger partial charge in [0.15, 0.2) is 0 Å². The number of nitrogens with zero attached hydrogens (tertiary/aromatic N) is 1. The Labute approximate surface area is 88.6 Å². The Bertz CT molecular complexity index is 331. The number of thiophene rings is 1. The number of nitriles is 1. The molecule has 14 heavy (non-hydrogen) atoms. The van der Waals surface area contributed by atoms with E-state index in [0.29, 0.717) is 6.04 Å². The van der Waals surface area contributed by atoms with Crippen LogP contribution in [0.5, 0.6) is 0 Å². The summed E-state index contributed by atoms with van der Waals surface area (Å²) in [7, 11) is 0. The minimum Gasteiger partial charge on any atom is -0.309 e. The molecule has 1 aromatic rings. The molecule has 0 bridgehead atoms. The molecule has 1 fully saturated rings. The summed E-state index contributed by atoms with van der Waals surface area (Å²) < 4.78 is 0. The van der Waals surface area contributed by atoms with Gasteiger partial charge in [-0.15, -0.1) is 11.3 Å². The molecule has 0 unspecified atom stereocenters. The molecule has 1 saturated carbocycles. The van der Waals surface area contributed by atoms with Crippen molar-refractivity contribution in [2.45, 2.75) is 38.3 Å². The lowest BCUT2D eigenvalue weighted by Gasteiger charge is -2.09. The van der Waals surface area contributed by atoms with Gasteiger partial charge in [0.1, 0.15) is 6.07 Å². The second-order valence-corrected chi connectivity index (χ2v) is 4.77. The molecule has 2 nitrogen and oxygen atoms in total. The summed E-state index contributed by atoms with van der Waals surface area (Å²) in [4.78, 5) is 1.27. The van der Waals surface area contributed by atoms with E-state index in [2.05, 4.69) is 11.4 Å². The molecule has 0 aromatic carbocycles. The minimum absolute atomic E-state index is 0.711. The second kappa shape index (κ2) is 4.59. The van der Waals surface area contributed by atoms with E-state index < -0.39 is 0 Å². The van der Waals surface area contributed by atoms with E-state index in [-0.39, 0.29) is 0 Å². The van der Waals surface area contributed by atoms with Crippen LogP contribution in [0.15, 0.2) is 11.4 Å². The summed E-state index contributed by atoms with van der Waals surface area (Å²) in [6.07, 6.45) is 5.37. The molecule has 1 aliphatic rings. The van der Waals surface area contributed by atoms with Crippen molar-refractivity contribution >= 4 is 11.3 Å². The van der Waals surface area contributed by atoms with Gasteiger partial charge in [0, 0.05) is 22.8 Å². The third-order valence-electron chi connectivity index (χ3n) is 2.70. The SMILES string of the molecule is N#Cc1csc(CNC2CCCC2)c1. The Morgan fingerprint density at radius 1 is 1.50 bits per heavy atom. The van der Waals surface area contributed by atoms with E-state index in [1.165, 1.54) is 30.6 Å². The van der Waals surface area contributed by atoms with E-state index in [1.807, 2.05) is 11.4 Å². The van der Waals surface area contributed by atoms with Crippen LogP contribution in [0, 0.1) is 11.3 Å². The predicted octanol–water partition coefficient (Wildman–Crippen LogP) is 2.65. The molecule has 0 aliphatic heterocycles. The van der Waals surface area contributed by atoms with Crippen LogP contribution in [0.2, 0.25) is 0 Å². The van der Waals surface area contributed by atoms with Gasteiger partial charge in [-0.1, -0.05) is 12.8 Å². The molecule has 74 valence electrons. The standard InChI is InChI=1S/C11H14N2S/c12-6-9-5-11(14-8-9)7-13-10-3-1-2-4-10/h5,8,10,13H,1-4,7H2. The average molecular weight is 206 g/mol. The first-order chi connectivity index (χ1) is 6.88. The first-order valence-corrected chi connectivity index (χ1v) is 5.97. The predicted molar refractivity (Wildman–Crippen MR) is 58.1 cm³/mol. The van der Waals surface area contributed by atoms with Crippen molar-refractivity contribution in [3.05, 3.63) is 21.9 Å². The zero-order chi connectivity index (χ0) is 9.80. The van der Waals surface area contributed by atoms with Gasteiger partial charge in [0.25, 0.3) is 0 Å². The zero-order valence-corrected chi connectivity index (χ0v) is 8.94. The van der Waals surface area contributed by atoms with Crippen LogP contribution < -0.4 is 5.32 Å². The van der Waals surface area contributed by atoms with Gasteiger partial charge in [-0.3, -0.25) is 0 Å². The van der Waals surface area contributed by atoms with Gasteiger partial charge in [0.05, 0.1) is 5.56 Å². The maximum Gasteiger partial charge on any atom is 0.100 e. The maximum atomic E-state index is 8.67. The number of hydrogen-bond donors (Lipinski definition) is 1. The molecule has 1 aliphatic carbocycles. The molecule has 2 rings (SSSR count). The van der Waals surface area contributed by atoms with Crippen LogP contribution >= 0.6 is 11.3 Å². The van der Waals surface area contributed by atoms with Crippen molar-refractivity contribution in [3.63, 3.8) is 0 Å². The fraction of sp³-hybridized carbons (Fsp3) is 0.545. The molecule has 0 radical (unpaired) electrons. The van der Waals surface area contributed by atoms with Crippen molar-refractivity contribution in [2.75, 3.05) is 0 Å². The Morgan fingerprint density at radius 3 is 2.93 bits per heavy atom. The molecular formula is C11H14N2S. The smallest absolute Gasteiger partial charge is 0.100 e. The van der Waals surface area contributed by atoms with Gasteiger partial charge < -0.3 is 5.32 Å². The van der Waals surface area contributed by atoms with Crippen LogP contribution in [-0.4, -0.2) is 6.04 Å². The van der Waals surface area contributed by atoms with Crippen LogP contribution in [-0.2, 0) is 6.54 Å². The highest BCUT2D eigenvalue weighted by Gasteiger charge is 2.13. The van der Waals surface area contributed by atoms with Crippen LogP contribution in [0.3, 0.4) is 0 Å². The van der Waals surface area contributed by atoms with Gasteiger partial charge in [-0.25, -0.2) is 0 Å². The van der Waals surface area contributed by atoms with Gasteiger partial charge >= 0.3 is 0 Å². The monoisotopic (exact) mass is 206 g/mol. The van der Waals surface area contributed by atoms with Crippen LogP contribution in [0.25, 0.3) is 0 Å². The van der Waals surface area contributed by atoms with E-state index in [9.17, 15) is 0 Å². The lowest BCUT2D eigenvalue weighted by Crippen LogP contribution is -2.24. The van der Waals surface area contributed by atoms with Crippen molar-refractivity contribution in [1.82, 2.24) is 5.32 Å². The summed E-state index contributed by atoms with van der Waals surface area (Å²) in [5, 5.41) is 14.1. The molecule has 0 spiro atoms. The average Bonchev–Trinajstić information content (AvgIpc) is 2.86. The summed E-state index contributed by atoms with van der Waals surface area (Å²) >= 11 is 1.67. The molecule has 3 heteroatoms. The zero-order valence-electron chi connectivity index (χ0n) is 8.12. The second-order valence-electron chi connectivity index (χ2n) is 3.78. The largest absolute Gasteiger partial charge is 0.309 e. The molecule has 0 saturated heterocycles. The first-order valence-electron chi connectivity index (χ1n) is 5.09. The minimum atomic E-state index is 0.711. The quantitative estimate of drug-likeness (QED) is 0.825. The molecule has 1 N–H and O–H groups in total. The van der Waals surface area contributed by atoms with Crippen molar-refractivity contribution in [1.29, 1.82) is 5.26 Å².